The molecule has 0 bridgehead atoms. The number of piperidine rings is 1. The number of carbonyl (C=O) groups excluding carboxylic acids is 1. The fourth-order valence-electron chi connectivity index (χ4n) is 2.43. The van der Waals surface area contributed by atoms with Gasteiger partial charge in [-0.15, -0.1) is 0 Å². The number of hydrogen-bond acceptors (Lipinski definition) is 4. The van der Waals surface area contributed by atoms with Crippen LogP contribution in [0.1, 0.15) is 19.3 Å². The summed E-state index contributed by atoms with van der Waals surface area (Å²) in [6.45, 7) is 3.94. The Hall–Kier alpha value is -1.75. The molecule has 1 heterocycles. The topological polar surface area (TPSA) is 50.8 Å². The van der Waals surface area contributed by atoms with Gasteiger partial charge < -0.3 is 19.7 Å². The van der Waals surface area contributed by atoms with Gasteiger partial charge in [0.1, 0.15) is 11.5 Å². The lowest BCUT2D eigenvalue weighted by atomic mass is 10.1. The number of nitrogens with zero attached hydrogens (tertiary/aromatic N) is 1. The van der Waals surface area contributed by atoms with E-state index in [1.165, 1.54) is 19.3 Å². The van der Waals surface area contributed by atoms with Gasteiger partial charge in [0.2, 0.25) is 0 Å². The van der Waals surface area contributed by atoms with Gasteiger partial charge in [-0.3, -0.25) is 4.79 Å². The first-order valence-corrected chi connectivity index (χ1v) is 7.54. The first kappa shape index (κ1) is 15.6. The largest absolute Gasteiger partial charge is 0.497 e. The first-order chi connectivity index (χ1) is 10.3. The molecule has 0 atom stereocenters. The molecule has 2 rings (SSSR count). The molecule has 0 radical (unpaired) electrons. The summed E-state index contributed by atoms with van der Waals surface area (Å²) in [5, 5.41) is 2.89. The maximum absolute atomic E-state index is 11.7. The number of hydrogen-bond donors (Lipinski definition) is 1. The van der Waals surface area contributed by atoms with Crippen molar-refractivity contribution in [2.75, 3.05) is 39.9 Å². The Bertz CT molecular complexity index is 445. The predicted molar refractivity (Wildman–Crippen MR) is 81.8 cm³/mol. The third-order valence-corrected chi connectivity index (χ3v) is 3.61. The summed E-state index contributed by atoms with van der Waals surface area (Å²) in [4.78, 5) is 14.1. The van der Waals surface area contributed by atoms with E-state index < -0.39 is 0 Å². The quantitative estimate of drug-likeness (QED) is 0.830. The molecule has 1 fully saturated rings. The molecule has 0 unspecified atom stereocenters. The number of ether oxygens (including phenoxy) is 2. The molecule has 1 saturated heterocycles. The molecule has 0 aliphatic carbocycles. The first-order valence-electron chi connectivity index (χ1n) is 7.54. The molecule has 0 aromatic heterocycles. The second kappa shape index (κ2) is 8.52. The van der Waals surface area contributed by atoms with Crippen molar-refractivity contribution in [2.45, 2.75) is 19.3 Å². The van der Waals surface area contributed by atoms with Crippen molar-refractivity contribution >= 4 is 5.91 Å². The summed E-state index contributed by atoms with van der Waals surface area (Å²) in [7, 11) is 1.60. The summed E-state index contributed by atoms with van der Waals surface area (Å²) in [5.74, 6) is 1.27. The van der Waals surface area contributed by atoms with Crippen molar-refractivity contribution in [3.05, 3.63) is 24.3 Å². The molecule has 1 aromatic rings. The number of carbonyl (C=O) groups is 1. The number of likely N-dealkylation sites (tertiary alicyclic amines) is 1. The predicted octanol–water partition coefficient (Wildman–Crippen LogP) is 1.68. The van der Waals surface area contributed by atoms with E-state index in [1.807, 2.05) is 18.2 Å². The zero-order valence-electron chi connectivity index (χ0n) is 12.6. The zero-order valence-corrected chi connectivity index (χ0v) is 12.6. The molecule has 1 N–H and O–H groups in total. The summed E-state index contributed by atoms with van der Waals surface area (Å²) in [6.07, 6.45) is 3.87. The summed E-state index contributed by atoms with van der Waals surface area (Å²) in [5.41, 5.74) is 0. The molecule has 1 aliphatic rings. The average molecular weight is 292 g/mol. The number of nitrogens with one attached hydrogen (secondary N) is 1. The average Bonchev–Trinajstić information content (AvgIpc) is 2.54. The molecule has 0 saturated carbocycles. The maximum atomic E-state index is 11.7. The van der Waals surface area contributed by atoms with Crippen molar-refractivity contribution in [3.63, 3.8) is 0 Å². The SMILES string of the molecule is COc1cccc(OCC(=O)NCCN2CCCCC2)c1. The Morgan fingerprint density at radius 2 is 2.00 bits per heavy atom. The van der Waals surface area contributed by atoms with Crippen LogP contribution in [0.15, 0.2) is 24.3 Å². The number of methoxy groups -OCH3 is 1. The maximum Gasteiger partial charge on any atom is 0.257 e. The molecule has 0 spiro atoms. The Labute approximate surface area is 126 Å². The van der Waals surface area contributed by atoms with Gasteiger partial charge in [0.15, 0.2) is 6.61 Å². The Morgan fingerprint density at radius 1 is 1.24 bits per heavy atom. The van der Waals surface area contributed by atoms with Crippen molar-refractivity contribution in [1.29, 1.82) is 0 Å². The van der Waals surface area contributed by atoms with Crippen LogP contribution in [-0.2, 0) is 4.79 Å². The molecular formula is C16H24N2O3. The van der Waals surface area contributed by atoms with Gasteiger partial charge in [0.05, 0.1) is 7.11 Å². The number of rotatable bonds is 7. The van der Waals surface area contributed by atoms with E-state index in [4.69, 9.17) is 9.47 Å². The van der Waals surface area contributed by atoms with Crippen LogP contribution in [-0.4, -0.2) is 50.7 Å². The van der Waals surface area contributed by atoms with Gasteiger partial charge in [0, 0.05) is 19.2 Å². The minimum atomic E-state index is -0.0881. The highest BCUT2D eigenvalue weighted by molar-refractivity contribution is 5.77. The van der Waals surface area contributed by atoms with Gasteiger partial charge in [-0.05, 0) is 38.1 Å². The zero-order chi connectivity index (χ0) is 14.9. The van der Waals surface area contributed by atoms with E-state index in [2.05, 4.69) is 10.2 Å². The fourth-order valence-corrected chi connectivity index (χ4v) is 2.43. The highest BCUT2D eigenvalue weighted by atomic mass is 16.5. The van der Waals surface area contributed by atoms with E-state index in [-0.39, 0.29) is 12.5 Å². The highest BCUT2D eigenvalue weighted by Gasteiger charge is 2.10. The van der Waals surface area contributed by atoms with Crippen molar-refractivity contribution in [1.82, 2.24) is 10.2 Å². The smallest absolute Gasteiger partial charge is 0.257 e. The lowest BCUT2D eigenvalue weighted by Gasteiger charge is -2.26. The molecule has 1 amide bonds. The number of benzene rings is 1. The second-order valence-corrected chi connectivity index (χ2v) is 5.22. The van der Waals surface area contributed by atoms with Crippen LogP contribution in [0.3, 0.4) is 0 Å². The summed E-state index contributed by atoms with van der Waals surface area (Å²) >= 11 is 0. The van der Waals surface area contributed by atoms with Gasteiger partial charge in [-0.25, -0.2) is 0 Å². The van der Waals surface area contributed by atoms with Crippen LogP contribution >= 0.6 is 0 Å². The molecule has 116 valence electrons. The molecule has 1 aromatic carbocycles. The monoisotopic (exact) mass is 292 g/mol. The lowest BCUT2D eigenvalue weighted by Crippen LogP contribution is -2.39. The minimum Gasteiger partial charge on any atom is -0.497 e. The standard InChI is InChI=1S/C16H24N2O3/c1-20-14-6-5-7-15(12-14)21-13-16(19)17-8-11-18-9-3-2-4-10-18/h5-7,12H,2-4,8-11,13H2,1H3,(H,17,19). The van der Waals surface area contributed by atoms with E-state index in [9.17, 15) is 4.79 Å². The van der Waals surface area contributed by atoms with E-state index in [0.717, 1.165) is 25.4 Å². The van der Waals surface area contributed by atoms with Crippen LogP contribution in [0.4, 0.5) is 0 Å². The van der Waals surface area contributed by atoms with Crippen LogP contribution in [0.2, 0.25) is 0 Å². The van der Waals surface area contributed by atoms with Crippen LogP contribution in [0.25, 0.3) is 0 Å². The van der Waals surface area contributed by atoms with Gasteiger partial charge in [-0.2, -0.15) is 0 Å². The minimum absolute atomic E-state index is 0.0349. The normalized spacial score (nSPS) is 15.5. The Kier molecular flexibility index (Phi) is 6.34. The third kappa shape index (κ3) is 5.63. The third-order valence-electron chi connectivity index (χ3n) is 3.61. The van der Waals surface area contributed by atoms with Crippen LogP contribution in [0.5, 0.6) is 11.5 Å². The van der Waals surface area contributed by atoms with Gasteiger partial charge in [-0.1, -0.05) is 12.5 Å². The van der Waals surface area contributed by atoms with Crippen molar-refractivity contribution in [3.8, 4) is 11.5 Å². The molecule has 5 nitrogen and oxygen atoms in total. The molecular weight excluding hydrogens is 268 g/mol. The number of amides is 1. The second-order valence-electron chi connectivity index (χ2n) is 5.22. The molecule has 5 heteroatoms. The van der Waals surface area contributed by atoms with Crippen molar-refractivity contribution in [2.24, 2.45) is 0 Å². The Morgan fingerprint density at radius 3 is 2.76 bits per heavy atom. The Balaban J connectivity index is 1.62. The van der Waals surface area contributed by atoms with Crippen molar-refractivity contribution < 1.29 is 14.3 Å². The highest BCUT2D eigenvalue weighted by Crippen LogP contribution is 2.18. The summed E-state index contributed by atoms with van der Waals surface area (Å²) in [6, 6.07) is 7.25. The van der Waals surface area contributed by atoms with Gasteiger partial charge >= 0.3 is 0 Å². The van der Waals surface area contributed by atoms with E-state index in [0.29, 0.717) is 12.3 Å². The van der Waals surface area contributed by atoms with Gasteiger partial charge in [0.25, 0.3) is 5.91 Å². The fraction of sp³-hybridized carbons (Fsp3) is 0.562. The molecule has 21 heavy (non-hydrogen) atoms. The van der Waals surface area contributed by atoms with Crippen LogP contribution in [0, 0.1) is 0 Å². The summed E-state index contributed by atoms with van der Waals surface area (Å²) < 4.78 is 10.6. The van der Waals surface area contributed by atoms with E-state index in [1.54, 1.807) is 13.2 Å². The molecule has 1 aliphatic heterocycles. The lowest BCUT2D eigenvalue weighted by molar-refractivity contribution is -0.123. The van der Waals surface area contributed by atoms with Crippen LogP contribution < -0.4 is 14.8 Å². The van der Waals surface area contributed by atoms with E-state index >= 15 is 0 Å².